The van der Waals surface area contributed by atoms with Gasteiger partial charge in [0.2, 0.25) is 0 Å². The molecule has 116 valence electrons. The van der Waals surface area contributed by atoms with Gasteiger partial charge in [-0.25, -0.2) is 0 Å². The predicted octanol–water partition coefficient (Wildman–Crippen LogP) is 2.24. The lowest BCUT2D eigenvalue weighted by molar-refractivity contribution is 0.414. The molecule has 1 atom stereocenters. The molecule has 1 aromatic carbocycles. The van der Waals surface area contributed by atoms with Crippen molar-refractivity contribution in [2.75, 3.05) is 38.2 Å². The first-order chi connectivity index (χ1) is 10.2. The average molecular weight is 307 g/mol. The molecule has 21 heavy (non-hydrogen) atoms. The van der Waals surface area contributed by atoms with E-state index in [2.05, 4.69) is 28.9 Å². The lowest BCUT2D eigenvalue weighted by Gasteiger charge is -2.27. The number of thioether (sulfide) groups is 1. The van der Waals surface area contributed by atoms with Crippen molar-refractivity contribution in [2.45, 2.75) is 13.3 Å². The van der Waals surface area contributed by atoms with Crippen LogP contribution in [0.1, 0.15) is 12.5 Å². The summed E-state index contributed by atoms with van der Waals surface area (Å²) in [5.74, 6) is 4.39. The molecule has 1 aliphatic rings. The van der Waals surface area contributed by atoms with Gasteiger partial charge in [-0.15, -0.1) is 0 Å². The Hall–Kier alpha value is -1.36. The number of ether oxygens (including phenoxy) is 1. The third kappa shape index (κ3) is 5.16. The summed E-state index contributed by atoms with van der Waals surface area (Å²) in [6.07, 6.45) is 1.01. The van der Waals surface area contributed by atoms with Gasteiger partial charge in [0, 0.05) is 31.1 Å². The molecule has 1 aromatic rings. The second kappa shape index (κ2) is 8.17. The molecule has 1 aliphatic heterocycles. The fourth-order valence-corrected chi connectivity index (χ4v) is 3.27. The first-order valence-corrected chi connectivity index (χ1v) is 8.60. The Balaban J connectivity index is 1.81. The van der Waals surface area contributed by atoms with Crippen molar-refractivity contribution in [2.24, 2.45) is 16.6 Å². The maximum atomic E-state index is 6.08. The summed E-state index contributed by atoms with van der Waals surface area (Å²) >= 11 is 1.98. The van der Waals surface area contributed by atoms with Gasteiger partial charge in [-0.3, -0.25) is 4.99 Å². The molecule has 1 fully saturated rings. The first-order valence-electron chi connectivity index (χ1n) is 7.44. The minimum absolute atomic E-state index is 0.483. The Morgan fingerprint density at radius 1 is 1.33 bits per heavy atom. The quantitative estimate of drug-likeness (QED) is 0.669. The van der Waals surface area contributed by atoms with Crippen molar-refractivity contribution >= 4 is 17.7 Å². The van der Waals surface area contributed by atoms with Crippen molar-refractivity contribution in [3.8, 4) is 5.75 Å². The zero-order chi connectivity index (χ0) is 15.1. The number of nitrogens with zero attached hydrogens (tertiary/aromatic N) is 2. The van der Waals surface area contributed by atoms with Crippen LogP contribution in [0.4, 0.5) is 0 Å². The summed E-state index contributed by atoms with van der Waals surface area (Å²) in [6, 6.07) is 8.24. The number of nitrogens with two attached hydrogens (primary N) is 1. The molecule has 0 spiro atoms. The minimum atomic E-state index is 0.483. The normalized spacial score (nSPS) is 17.6. The third-order valence-corrected chi connectivity index (χ3v) is 4.59. The van der Waals surface area contributed by atoms with Gasteiger partial charge in [0.1, 0.15) is 5.75 Å². The number of hydrogen-bond acceptors (Lipinski definition) is 3. The second-order valence-corrected chi connectivity index (χ2v) is 6.68. The Morgan fingerprint density at radius 3 is 2.62 bits per heavy atom. The van der Waals surface area contributed by atoms with Gasteiger partial charge >= 0.3 is 0 Å². The average Bonchev–Trinajstić information content (AvgIpc) is 2.54. The molecule has 1 saturated heterocycles. The van der Waals surface area contributed by atoms with Crippen molar-refractivity contribution in [3.63, 3.8) is 0 Å². The second-order valence-electron chi connectivity index (χ2n) is 5.46. The molecular formula is C16H25N3OS. The van der Waals surface area contributed by atoms with Gasteiger partial charge in [0.25, 0.3) is 0 Å². The van der Waals surface area contributed by atoms with E-state index in [0.29, 0.717) is 11.9 Å². The van der Waals surface area contributed by atoms with Gasteiger partial charge in [-0.2, -0.15) is 11.8 Å². The summed E-state index contributed by atoms with van der Waals surface area (Å²) in [6.45, 7) is 5.04. The molecule has 1 unspecified atom stereocenters. The maximum absolute atomic E-state index is 6.08. The highest BCUT2D eigenvalue weighted by molar-refractivity contribution is 7.99. The number of benzene rings is 1. The van der Waals surface area contributed by atoms with Gasteiger partial charge in [0.05, 0.1) is 7.11 Å². The topological polar surface area (TPSA) is 50.9 Å². The van der Waals surface area contributed by atoms with Crippen LogP contribution in [0.2, 0.25) is 0 Å². The van der Waals surface area contributed by atoms with Crippen LogP contribution in [-0.2, 0) is 6.42 Å². The van der Waals surface area contributed by atoms with Gasteiger partial charge in [-0.05, 0) is 30.0 Å². The van der Waals surface area contributed by atoms with Crippen LogP contribution in [0.15, 0.2) is 29.3 Å². The highest BCUT2D eigenvalue weighted by Gasteiger charge is 2.12. The van der Waals surface area contributed by atoms with Crippen LogP contribution in [-0.4, -0.2) is 49.1 Å². The van der Waals surface area contributed by atoms with E-state index in [4.69, 9.17) is 10.5 Å². The molecule has 0 aromatic heterocycles. The van der Waals surface area contributed by atoms with E-state index < -0.39 is 0 Å². The first kappa shape index (κ1) is 16.0. The molecule has 4 nitrogen and oxygen atoms in total. The Morgan fingerprint density at radius 2 is 2.00 bits per heavy atom. The largest absolute Gasteiger partial charge is 0.497 e. The Bertz CT molecular complexity index is 455. The van der Waals surface area contributed by atoms with E-state index in [1.165, 1.54) is 5.56 Å². The zero-order valence-electron chi connectivity index (χ0n) is 12.9. The van der Waals surface area contributed by atoms with Crippen LogP contribution in [0.25, 0.3) is 0 Å². The molecule has 0 amide bonds. The number of hydrogen-bond donors (Lipinski definition) is 1. The van der Waals surface area contributed by atoms with Crippen LogP contribution in [0.5, 0.6) is 5.75 Å². The molecule has 0 bridgehead atoms. The summed E-state index contributed by atoms with van der Waals surface area (Å²) in [4.78, 5) is 6.76. The molecule has 1 heterocycles. The fourth-order valence-electron chi connectivity index (χ4n) is 2.37. The lowest BCUT2D eigenvalue weighted by Crippen LogP contribution is -2.42. The Labute approximate surface area is 131 Å². The predicted molar refractivity (Wildman–Crippen MR) is 91.2 cm³/mol. The number of guanidine groups is 1. The SMILES string of the molecule is COc1ccc(CC(C)CN=C(N)N2CCSCC2)cc1. The number of rotatable bonds is 5. The number of aliphatic imine (C=N–C) groups is 1. The summed E-state index contributed by atoms with van der Waals surface area (Å²) < 4.78 is 5.17. The van der Waals surface area contributed by atoms with Crippen LogP contribution >= 0.6 is 11.8 Å². The molecule has 0 saturated carbocycles. The molecule has 2 rings (SSSR count). The van der Waals surface area contributed by atoms with Crippen molar-refractivity contribution in [3.05, 3.63) is 29.8 Å². The van der Waals surface area contributed by atoms with Crippen molar-refractivity contribution in [1.82, 2.24) is 4.90 Å². The summed E-state index contributed by atoms with van der Waals surface area (Å²) in [5.41, 5.74) is 7.39. The maximum Gasteiger partial charge on any atom is 0.191 e. The molecule has 5 heteroatoms. The van der Waals surface area contributed by atoms with E-state index in [0.717, 1.165) is 43.3 Å². The van der Waals surface area contributed by atoms with Crippen LogP contribution in [0, 0.1) is 5.92 Å². The summed E-state index contributed by atoms with van der Waals surface area (Å²) in [7, 11) is 1.69. The van der Waals surface area contributed by atoms with Crippen LogP contribution < -0.4 is 10.5 Å². The van der Waals surface area contributed by atoms with Crippen LogP contribution in [0.3, 0.4) is 0 Å². The third-order valence-electron chi connectivity index (χ3n) is 3.64. The van der Waals surface area contributed by atoms with E-state index >= 15 is 0 Å². The van der Waals surface area contributed by atoms with E-state index in [9.17, 15) is 0 Å². The van der Waals surface area contributed by atoms with Crippen molar-refractivity contribution in [1.29, 1.82) is 0 Å². The standard InChI is InChI=1S/C16H25N3OS/c1-13(11-14-3-5-15(20-2)6-4-14)12-18-16(17)19-7-9-21-10-8-19/h3-6,13H,7-12H2,1-2H3,(H2,17,18). The van der Waals surface area contributed by atoms with Gasteiger partial charge in [0.15, 0.2) is 5.96 Å². The monoisotopic (exact) mass is 307 g/mol. The smallest absolute Gasteiger partial charge is 0.191 e. The highest BCUT2D eigenvalue weighted by Crippen LogP contribution is 2.15. The van der Waals surface area contributed by atoms with E-state index in [1.54, 1.807) is 7.11 Å². The fraction of sp³-hybridized carbons (Fsp3) is 0.562. The van der Waals surface area contributed by atoms with Crippen molar-refractivity contribution < 1.29 is 4.74 Å². The molecular weight excluding hydrogens is 282 g/mol. The minimum Gasteiger partial charge on any atom is -0.497 e. The lowest BCUT2D eigenvalue weighted by atomic mass is 10.0. The molecule has 2 N–H and O–H groups in total. The highest BCUT2D eigenvalue weighted by atomic mass is 32.2. The Kier molecular flexibility index (Phi) is 6.23. The zero-order valence-corrected chi connectivity index (χ0v) is 13.7. The van der Waals surface area contributed by atoms with E-state index in [1.807, 2.05) is 23.9 Å². The number of methoxy groups -OCH3 is 1. The van der Waals surface area contributed by atoms with E-state index in [-0.39, 0.29) is 0 Å². The molecule has 0 aliphatic carbocycles. The van der Waals surface area contributed by atoms with Gasteiger partial charge in [-0.1, -0.05) is 19.1 Å². The van der Waals surface area contributed by atoms with Gasteiger partial charge < -0.3 is 15.4 Å². The summed E-state index contributed by atoms with van der Waals surface area (Å²) in [5, 5.41) is 0. The molecule has 0 radical (unpaired) electrons.